The second-order valence-corrected chi connectivity index (χ2v) is 6.64. The van der Waals surface area contributed by atoms with Gasteiger partial charge in [0.05, 0.1) is 6.61 Å². The topological polar surface area (TPSA) is 66.4 Å². The number of hydrogen-bond acceptors (Lipinski definition) is 6. The lowest BCUT2D eigenvalue weighted by atomic mass is 9.92. The van der Waals surface area contributed by atoms with Crippen LogP contribution in [0.2, 0.25) is 0 Å². The van der Waals surface area contributed by atoms with Crippen molar-refractivity contribution in [1.82, 2.24) is 0 Å². The summed E-state index contributed by atoms with van der Waals surface area (Å²) in [6, 6.07) is 0. The number of aliphatic hydroxyl groups is 1. The van der Waals surface area contributed by atoms with Crippen molar-refractivity contribution in [3.8, 4) is 0 Å². The van der Waals surface area contributed by atoms with Gasteiger partial charge in [0.25, 0.3) is 0 Å². The Morgan fingerprint density at radius 3 is 2.45 bits per heavy atom. The molecule has 0 amide bonds. The lowest BCUT2D eigenvalue weighted by Gasteiger charge is -2.43. The Balaban J connectivity index is 1.94. The Morgan fingerprint density at radius 1 is 1.10 bits per heavy atom. The average Bonchev–Trinajstić information content (AvgIpc) is 2.80. The molecule has 20 heavy (non-hydrogen) atoms. The Hall–Kier alpha value is -0.240. The van der Waals surface area contributed by atoms with Crippen LogP contribution in [0.15, 0.2) is 0 Å². The molecule has 3 aliphatic rings. The highest BCUT2D eigenvalue weighted by atomic mass is 16.9. The Morgan fingerprint density at radius 2 is 1.80 bits per heavy atom. The summed E-state index contributed by atoms with van der Waals surface area (Å²) in [5, 5.41) is 10.4. The van der Waals surface area contributed by atoms with Gasteiger partial charge < -0.3 is 28.8 Å². The molecule has 0 saturated carbocycles. The Labute approximate surface area is 119 Å². The summed E-state index contributed by atoms with van der Waals surface area (Å²) in [5.41, 5.74) is 0. The SMILES string of the molecule is CC[C@H](O)[C@@]12OC[C@H]3OC(C)(C)O[C@H]3[C@@H]1OC(C)(C)O2. The van der Waals surface area contributed by atoms with Crippen LogP contribution in [-0.4, -0.2) is 53.5 Å². The second-order valence-electron chi connectivity index (χ2n) is 6.64. The standard InChI is InChI=1S/C14H24O6/c1-6-9(15)14-11(19-13(4,5)20-14)10-8(7-16-14)17-12(2,3)18-10/h8-11,15H,6-7H2,1-5H3/t8-,9+,10-,11+,14+/m1/s1. The van der Waals surface area contributed by atoms with E-state index in [0.29, 0.717) is 13.0 Å². The third-order valence-electron chi connectivity index (χ3n) is 4.06. The predicted octanol–water partition coefficient (Wildman–Crippen LogP) is 1.16. The van der Waals surface area contributed by atoms with Crippen molar-refractivity contribution in [3.63, 3.8) is 0 Å². The van der Waals surface area contributed by atoms with Crippen molar-refractivity contribution in [3.05, 3.63) is 0 Å². The van der Waals surface area contributed by atoms with Crippen LogP contribution in [0.4, 0.5) is 0 Å². The molecule has 3 heterocycles. The summed E-state index contributed by atoms with van der Waals surface area (Å²) in [6.07, 6.45) is -1.28. The van der Waals surface area contributed by atoms with Crippen LogP contribution in [0.1, 0.15) is 41.0 Å². The summed E-state index contributed by atoms with van der Waals surface area (Å²) < 4.78 is 29.6. The average molecular weight is 288 g/mol. The second kappa shape index (κ2) is 4.38. The molecular weight excluding hydrogens is 264 g/mol. The van der Waals surface area contributed by atoms with Gasteiger partial charge in [-0.25, -0.2) is 0 Å². The molecule has 6 nitrogen and oxygen atoms in total. The third-order valence-corrected chi connectivity index (χ3v) is 4.06. The molecule has 0 aromatic carbocycles. The van der Waals surface area contributed by atoms with E-state index in [1.807, 2.05) is 34.6 Å². The highest BCUT2D eigenvalue weighted by Gasteiger charge is 2.67. The molecule has 0 bridgehead atoms. The van der Waals surface area contributed by atoms with Crippen molar-refractivity contribution in [2.24, 2.45) is 0 Å². The van der Waals surface area contributed by atoms with E-state index in [1.165, 1.54) is 0 Å². The van der Waals surface area contributed by atoms with E-state index in [-0.39, 0.29) is 12.2 Å². The fourth-order valence-electron chi connectivity index (χ4n) is 3.36. The third kappa shape index (κ3) is 2.10. The molecule has 5 atom stereocenters. The molecule has 3 fully saturated rings. The maximum atomic E-state index is 10.4. The van der Waals surface area contributed by atoms with Crippen molar-refractivity contribution in [2.75, 3.05) is 6.61 Å². The predicted molar refractivity (Wildman–Crippen MR) is 68.8 cm³/mol. The first-order valence-corrected chi connectivity index (χ1v) is 7.25. The fraction of sp³-hybridized carbons (Fsp3) is 1.00. The Bertz CT molecular complexity index is 395. The molecule has 0 spiro atoms. The van der Waals surface area contributed by atoms with Crippen molar-refractivity contribution < 1.29 is 28.8 Å². The molecule has 3 saturated heterocycles. The highest BCUT2D eigenvalue weighted by Crippen LogP contribution is 2.49. The highest BCUT2D eigenvalue weighted by molar-refractivity contribution is 5.05. The fourth-order valence-corrected chi connectivity index (χ4v) is 3.36. The van der Waals surface area contributed by atoms with Gasteiger partial charge in [-0.1, -0.05) is 6.92 Å². The number of fused-ring (bicyclic) bond motifs is 3. The largest absolute Gasteiger partial charge is 0.387 e. The van der Waals surface area contributed by atoms with Crippen LogP contribution in [0, 0.1) is 0 Å². The maximum Gasteiger partial charge on any atom is 0.227 e. The zero-order chi connectivity index (χ0) is 14.8. The van der Waals surface area contributed by atoms with Crippen molar-refractivity contribution in [2.45, 2.75) is 82.8 Å². The van der Waals surface area contributed by atoms with E-state index in [2.05, 4.69) is 0 Å². The molecule has 1 N–H and O–H groups in total. The van der Waals surface area contributed by atoms with Crippen LogP contribution in [0.5, 0.6) is 0 Å². The molecule has 0 aromatic rings. The quantitative estimate of drug-likeness (QED) is 0.822. The van der Waals surface area contributed by atoms with Crippen LogP contribution in [0.25, 0.3) is 0 Å². The van der Waals surface area contributed by atoms with Gasteiger partial charge in [0.15, 0.2) is 11.6 Å². The van der Waals surface area contributed by atoms with E-state index < -0.39 is 29.6 Å². The minimum atomic E-state index is -1.18. The van der Waals surface area contributed by atoms with Crippen LogP contribution in [-0.2, 0) is 23.7 Å². The zero-order valence-corrected chi connectivity index (χ0v) is 12.7. The first-order valence-electron chi connectivity index (χ1n) is 7.25. The number of aliphatic hydroxyl groups excluding tert-OH is 1. The number of rotatable bonds is 2. The van der Waals surface area contributed by atoms with Gasteiger partial charge in [-0.3, -0.25) is 0 Å². The minimum absolute atomic E-state index is 0.204. The monoisotopic (exact) mass is 288 g/mol. The summed E-state index contributed by atoms with van der Waals surface area (Å²) in [5.74, 6) is -2.68. The van der Waals surface area contributed by atoms with Gasteiger partial charge >= 0.3 is 0 Å². The normalized spacial score (nSPS) is 46.8. The van der Waals surface area contributed by atoms with Crippen molar-refractivity contribution >= 4 is 0 Å². The minimum Gasteiger partial charge on any atom is -0.387 e. The summed E-state index contributed by atoms with van der Waals surface area (Å²) >= 11 is 0. The summed E-state index contributed by atoms with van der Waals surface area (Å²) in [6.45, 7) is 9.57. The molecule has 0 aliphatic carbocycles. The molecule has 0 aromatic heterocycles. The first kappa shape index (κ1) is 14.7. The molecule has 0 unspecified atom stereocenters. The van der Waals surface area contributed by atoms with E-state index in [0.717, 1.165) is 0 Å². The molecule has 6 heteroatoms. The molecular formula is C14H24O6. The summed E-state index contributed by atoms with van der Waals surface area (Å²) in [7, 11) is 0. The van der Waals surface area contributed by atoms with Crippen molar-refractivity contribution in [1.29, 1.82) is 0 Å². The van der Waals surface area contributed by atoms with E-state index in [1.54, 1.807) is 0 Å². The lowest BCUT2D eigenvalue weighted by Crippen LogP contribution is -2.63. The molecule has 3 aliphatic heterocycles. The van der Waals surface area contributed by atoms with Gasteiger partial charge in [0.2, 0.25) is 5.79 Å². The zero-order valence-electron chi connectivity index (χ0n) is 12.7. The van der Waals surface area contributed by atoms with Gasteiger partial charge in [-0.2, -0.15) is 0 Å². The Kier molecular flexibility index (Phi) is 3.22. The van der Waals surface area contributed by atoms with E-state index in [4.69, 9.17) is 23.7 Å². The summed E-state index contributed by atoms with van der Waals surface area (Å²) in [4.78, 5) is 0. The van der Waals surface area contributed by atoms with E-state index >= 15 is 0 Å². The molecule has 116 valence electrons. The first-order chi connectivity index (χ1) is 9.19. The van der Waals surface area contributed by atoms with Gasteiger partial charge in [0, 0.05) is 0 Å². The number of ether oxygens (including phenoxy) is 5. The van der Waals surface area contributed by atoms with Crippen LogP contribution in [0.3, 0.4) is 0 Å². The number of hydrogen-bond donors (Lipinski definition) is 1. The van der Waals surface area contributed by atoms with Gasteiger partial charge in [-0.15, -0.1) is 0 Å². The van der Waals surface area contributed by atoms with Gasteiger partial charge in [-0.05, 0) is 34.1 Å². The lowest BCUT2D eigenvalue weighted by molar-refractivity contribution is -0.318. The smallest absolute Gasteiger partial charge is 0.227 e. The van der Waals surface area contributed by atoms with Crippen LogP contribution >= 0.6 is 0 Å². The van der Waals surface area contributed by atoms with Gasteiger partial charge in [0.1, 0.15) is 24.4 Å². The molecule has 0 radical (unpaired) electrons. The molecule has 3 rings (SSSR count). The maximum absolute atomic E-state index is 10.4. The van der Waals surface area contributed by atoms with E-state index in [9.17, 15) is 5.11 Å². The van der Waals surface area contributed by atoms with Crippen LogP contribution < -0.4 is 0 Å².